The molecule has 3 aliphatic heterocycles. The number of amides is 1. The molecule has 10 heteroatoms. The van der Waals surface area contributed by atoms with E-state index in [9.17, 15) is 9.18 Å². The fourth-order valence-corrected chi connectivity index (χ4v) is 4.88. The molecule has 1 amide bonds. The first-order valence-electron chi connectivity index (χ1n) is 10.6. The summed E-state index contributed by atoms with van der Waals surface area (Å²) in [5.41, 5.74) is 2.53. The van der Waals surface area contributed by atoms with Crippen LogP contribution in [-0.4, -0.2) is 51.2 Å². The first kappa shape index (κ1) is 18.6. The molecule has 0 aliphatic carbocycles. The van der Waals surface area contributed by atoms with Gasteiger partial charge in [0.05, 0.1) is 25.0 Å². The van der Waals surface area contributed by atoms with Crippen LogP contribution >= 0.6 is 0 Å². The molecule has 3 aromatic heterocycles. The number of carbonyl (C=O) groups excluding carboxylic acids is 1. The Balaban J connectivity index is 1.54. The van der Waals surface area contributed by atoms with Crippen molar-refractivity contribution in [3.05, 3.63) is 53.4 Å². The number of nitrogens with one attached hydrogen (secondary N) is 2. The van der Waals surface area contributed by atoms with Gasteiger partial charge in [0.2, 0.25) is 0 Å². The van der Waals surface area contributed by atoms with E-state index in [2.05, 4.69) is 25.7 Å². The van der Waals surface area contributed by atoms with Crippen LogP contribution in [0.1, 0.15) is 40.5 Å². The van der Waals surface area contributed by atoms with Crippen molar-refractivity contribution in [2.75, 3.05) is 24.8 Å². The molecule has 3 aliphatic rings. The number of carbonyl (C=O) groups is 1. The predicted molar refractivity (Wildman–Crippen MR) is 109 cm³/mol. The lowest BCUT2D eigenvalue weighted by Crippen LogP contribution is -2.50. The van der Waals surface area contributed by atoms with E-state index in [1.807, 2.05) is 0 Å². The fourth-order valence-electron chi connectivity index (χ4n) is 4.88. The first-order valence-corrected chi connectivity index (χ1v) is 10.6. The van der Waals surface area contributed by atoms with Crippen LogP contribution in [0.3, 0.4) is 0 Å². The highest BCUT2D eigenvalue weighted by atomic mass is 19.1. The number of hydrogen-bond acceptors (Lipinski definition) is 7. The zero-order valence-corrected chi connectivity index (χ0v) is 16.8. The van der Waals surface area contributed by atoms with Crippen molar-refractivity contribution in [2.24, 2.45) is 5.92 Å². The van der Waals surface area contributed by atoms with Gasteiger partial charge in [-0.05, 0) is 31.4 Å². The molecule has 0 radical (unpaired) electrons. The van der Waals surface area contributed by atoms with Crippen LogP contribution < -0.4 is 15.7 Å². The third kappa shape index (κ3) is 3.14. The van der Waals surface area contributed by atoms with E-state index >= 15 is 0 Å². The average molecular weight is 423 g/mol. The number of anilines is 1. The molecule has 6 rings (SSSR count). The lowest BCUT2D eigenvalue weighted by molar-refractivity contribution is 0.0911. The molecule has 2 bridgehead atoms. The molecule has 0 spiro atoms. The van der Waals surface area contributed by atoms with Crippen molar-refractivity contribution in [1.82, 2.24) is 30.2 Å². The molecule has 0 unspecified atom stereocenters. The lowest BCUT2D eigenvalue weighted by Gasteiger charge is -2.33. The van der Waals surface area contributed by atoms with Gasteiger partial charge in [-0.3, -0.25) is 14.6 Å². The van der Waals surface area contributed by atoms with Crippen molar-refractivity contribution in [2.45, 2.75) is 31.3 Å². The standard InChI is InChI=1S/C21H22FN7O2/c22-13-8-14-17(24-10-13)7-12-9-23-4-1-16(12)26-21(30)15-11-25-28-5-2-19(27-20(15)28)29-18(14)3-6-31-29/h2,5,8,10-12,16,18,23H,1,3-4,6-7,9H2,(H,26,30)/t12-,16+,18-/m0/s1. The number of nitrogens with zero attached hydrogens (tertiary/aromatic N) is 5. The molecule has 2 saturated heterocycles. The van der Waals surface area contributed by atoms with E-state index < -0.39 is 0 Å². The first-order chi connectivity index (χ1) is 15.2. The second kappa shape index (κ2) is 7.24. The van der Waals surface area contributed by atoms with Crippen molar-refractivity contribution < 1.29 is 14.0 Å². The molecule has 6 heterocycles. The van der Waals surface area contributed by atoms with Crippen LogP contribution in [0.5, 0.6) is 0 Å². The number of halogens is 1. The Morgan fingerprint density at radius 1 is 1.26 bits per heavy atom. The number of piperidine rings is 1. The van der Waals surface area contributed by atoms with E-state index in [-0.39, 0.29) is 29.7 Å². The molecular formula is C21H22FN7O2. The van der Waals surface area contributed by atoms with E-state index in [0.29, 0.717) is 36.5 Å². The maximum Gasteiger partial charge on any atom is 0.256 e. The number of pyridine rings is 1. The van der Waals surface area contributed by atoms with Crippen molar-refractivity contribution in [1.29, 1.82) is 0 Å². The SMILES string of the molecule is O=C1N[C@@H]2CCNC[C@@H]2Cc2ncc(F)cc2[C@@H]2CCON2c2ccn3ncc1c3n2. The molecule has 3 aromatic rings. The van der Waals surface area contributed by atoms with Gasteiger partial charge < -0.3 is 10.6 Å². The summed E-state index contributed by atoms with van der Waals surface area (Å²) in [5.74, 6) is 0.121. The topological polar surface area (TPSA) is 96.7 Å². The Hall–Kier alpha value is -3.11. The van der Waals surface area contributed by atoms with Crippen LogP contribution in [0.15, 0.2) is 30.7 Å². The van der Waals surface area contributed by atoms with Crippen LogP contribution in [0.25, 0.3) is 5.65 Å². The van der Waals surface area contributed by atoms with Crippen LogP contribution in [0.2, 0.25) is 0 Å². The Morgan fingerprint density at radius 3 is 3.13 bits per heavy atom. The summed E-state index contributed by atoms with van der Waals surface area (Å²) in [6, 6.07) is 3.11. The van der Waals surface area contributed by atoms with Gasteiger partial charge >= 0.3 is 0 Å². The highest BCUT2D eigenvalue weighted by Crippen LogP contribution is 2.37. The Morgan fingerprint density at radius 2 is 2.19 bits per heavy atom. The summed E-state index contributed by atoms with van der Waals surface area (Å²) < 4.78 is 15.8. The summed E-state index contributed by atoms with van der Waals surface area (Å²) in [6.07, 6.45) is 6.70. The van der Waals surface area contributed by atoms with E-state index in [4.69, 9.17) is 4.84 Å². The molecule has 0 saturated carbocycles. The smallest absolute Gasteiger partial charge is 0.256 e. The second-order valence-electron chi connectivity index (χ2n) is 8.30. The van der Waals surface area contributed by atoms with Crippen molar-refractivity contribution in [3.8, 4) is 0 Å². The quantitative estimate of drug-likeness (QED) is 0.564. The van der Waals surface area contributed by atoms with Gasteiger partial charge in [-0.25, -0.2) is 19.0 Å². The van der Waals surface area contributed by atoms with E-state index in [1.165, 1.54) is 6.20 Å². The molecule has 3 atom stereocenters. The van der Waals surface area contributed by atoms with Gasteiger partial charge in [0.25, 0.3) is 5.91 Å². The molecular weight excluding hydrogens is 401 g/mol. The molecule has 2 N–H and O–H groups in total. The minimum Gasteiger partial charge on any atom is -0.349 e. The maximum atomic E-state index is 14.3. The summed E-state index contributed by atoms with van der Waals surface area (Å²) in [6.45, 7) is 2.07. The fraction of sp³-hybridized carbons (Fsp3) is 0.429. The van der Waals surface area contributed by atoms with Gasteiger partial charge in [-0.2, -0.15) is 5.10 Å². The predicted octanol–water partition coefficient (Wildman–Crippen LogP) is 1.41. The average Bonchev–Trinajstić information content (AvgIpc) is 3.42. The third-order valence-electron chi connectivity index (χ3n) is 6.44. The van der Waals surface area contributed by atoms with E-state index in [0.717, 1.165) is 30.8 Å². The number of hydroxylamine groups is 1. The zero-order valence-electron chi connectivity index (χ0n) is 16.8. The van der Waals surface area contributed by atoms with Crippen LogP contribution in [-0.2, 0) is 11.3 Å². The lowest BCUT2D eigenvalue weighted by atomic mass is 9.86. The molecule has 2 fully saturated rings. The van der Waals surface area contributed by atoms with Gasteiger partial charge in [0, 0.05) is 42.5 Å². The zero-order chi connectivity index (χ0) is 20.9. The Kier molecular flexibility index (Phi) is 4.35. The minimum atomic E-state index is -0.372. The van der Waals surface area contributed by atoms with Crippen LogP contribution in [0.4, 0.5) is 10.2 Å². The molecule has 31 heavy (non-hydrogen) atoms. The highest BCUT2D eigenvalue weighted by molar-refractivity contribution is 6.00. The van der Waals surface area contributed by atoms with Gasteiger partial charge in [0.1, 0.15) is 11.4 Å². The van der Waals surface area contributed by atoms with Gasteiger partial charge in [-0.1, -0.05) is 0 Å². The summed E-state index contributed by atoms with van der Waals surface area (Å²) in [7, 11) is 0. The van der Waals surface area contributed by atoms with Crippen molar-refractivity contribution >= 4 is 17.4 Å². The second-order valence-corrected chi connectivity index (χ2v) is 8.30. The van der Waals surface area contributed by atoms with Gasteiger partial charge in [-0.15, -0.1) is 0 Å². The van der Waals surface area contributed by atoms with Gasteiger partial charge in [0.15, 0.2) is 11.5 Å². The third-order valence-corrected chi connectivity index (χ3v) is 6.44. The largest absolute Gasteiger partial charge is 0.349 e. The normalized spacial score (nSPS) is 25.8. The Bertz CT molecular complexity index is 1170. The maximum absolute atomic E-state index is 14.3. The van der Waals surface area contributed by atoms with Crippen LogP contribution in [0, 0.1) is 11.7 Å². The number of fused-ring (bicyclic) bond motifs is 6. The highest BCUT2D eigenvalue weighted by Gasteiger charge is 2.35. The minimum absolute atomic E-state index is 0.0248. The monoisotopic (exact) mass is 423 g/mol. The number of aromatic nitrogens is 4. The Labute approximate surface area is 177 Å². The molecule has 9 nitrogen and oxygen atoms in total. The number of rotatable bonds is 0. The molecule has 160 valence electrons. The summed E-state index contributed by atoms with van der Waals surface area (Å²) in [4.78, 5) is 28.2. The van der Waals surface area contributed by atoms with E-state index in [1.54, 1.807) is 34.1 Å². The number of hydrogen-bond donors (Lipinski definition) is 2. The van der Waals surface area contributed by atoms with Crippen molar-refractivity contribution in [3.63, 3.8) is 0 Å². The summed E-state index contributed by atoms with van der Waals surface area (Å²) in [5, 5.41) is 12.6. The molecule has 0 aromatic carbocycles. The summed E-state index contributed by atoms with van der Waals surface area (Å²) >= 11 is 0.